The van der Waals surface area contributed by atoms with Gasteiger partial charge in [0.2, 0.25) is 0 Å². The zero-order valence-electron chi connectivity index (χ0n) is 8.34. The fourth-order valence-corrected chi connectivity index (χ4v) is 1.06. The highest BCUT2D eigenvalue weighted by molar-refractivity contribution is 5.27. The summed E-state index contributed by atoms with van der Waals surface area (Å²) in [6, 6.07) is 7.54. The molecule has 0 fully saturated rings. The summed E-state index contributed by atoms with van der Waals surface area (Å²) in [6.07, 6.45) is 0.179. The second kappa shape index (κ2) is 5.14. The van der Waals surface area contributed by atoms with Crippen LogP contribution in [0.25, 0.3) is 10.4 Å². The van der Waals surface area contributed by atoms with E-state index in [-0.39, 0.29) is 6.10 Å². The van der Waals surface area contributed by atoms with Gasteiger partial charge in [-0.05, 0) is 37.1 Å². The largest absolute Gasteiger partial charge is 0.491 e. The number of benzene rings is 1. The number of hydrogen-bond acceptors (Lipinski definition) is 2. The van der Waals surface area contributed by atoms with Crippen molar-refractivity contribution in [1.29, 1.82) is 0 Å². The molecular weight excluding hydrogens is 178 g/mol. The third kappa shape index (κ3) is 3.37. The molecule has 0 heterocycles. The van der Waals surface area contributed by atoms with Crippen LogP contribution in [0.5, 0.6) is 5.75 Å². The molecule has 0 saturated carbocycles. The fraction of sp³-hybridized carbons (Fsp3) is 0.400. The molecule has 0 aliphatic carbocycles. The summed E-state index contributed by atoms with van der Waals surface area (Å²) < 4.78 is 5.47. The Bertz CT molecular complexity index is 326. The molecule has 4 nitrogen and oxygen atoms in total. The number of nitrogens with zero attached hydrogens (tertiary/aromatic N) is 3. The molecule has 0 unspecified atom stereocenters. The minimum atomic E-state index is 0.179. The van der Waals surface area contributed by atoms with Gasteiger partial charge in [0.25, 0.3) is 0 Å². The highest BCUT2D eigenvalue weighted by atomic mass is 16.5. The van der Waals surface area contributed by atoms with Crippen LogP contribution in [0, 0.1) is 0 Å². The van der Waals surface area contributed by atoms with Crippen LogP contribution in [0.15, 0.2) is 29.4 Å². The summed E-state index contributed by atoms with van der Waals surface area (Å²) in [6.45, 7) is 4.35. The van der Waals surface area contributed by atoms with Gasteiger partial charge in [0.05, 0.1) is 12.6 Å². The molecule has 0 N–H and O–H groups in total. The molecular formula is C10H13N3O. The molecule has 0 radical (unpaired) electrons. The maximum absolute atomic E-state index is 8.13. The Kier molecular flexibility index (Phi) is 3.83. The van der Waals surface area contributed by atoms with E-state index in [9.17, 15) is 0 Å². The third-order valence-corrected chi connectivity index (χ3v) is 1.61. The zero-order chi connectivity index (χ0) is 10.4. The average Bonchev–Trinajstić information content (AvgIpc) is 2.16. The maximum Gasteiger partial charge on any atom is 0.119 e. The lowest BCUT2D eigenvalue weighted by molar-refractivity contribution is 0.242. The topological polar surface area (TPSA) is 58.0 Å². The monoisotopic (exact) mass is 191 g/mol. The molecule has 0 spiro atoms. The first-order valence-corrected chi connectivity index (χ1v) is 4.49. The van der Waals surface area contributed by atoms with Crippen LogP contribution < -0.4 is 4.74 Å². The smallest absolute Gasteiger partial charge is 0.119 e. The summed E-state index contributed by atoms with van der Waals surface area (Å²) >= 11 is 0. The molecule has 1 rings (SSSR count). The van der Waals surface area contributed by atoms with Crippen molar-refractivity contribution < 1.29 is 4.74 Å². The molecule has 0 saturated heterocycles. The standard InChI is InChI=1S/C10H13N3O/c1-8(2)14-10-5-3-9(4-6-10)7-12-13-11/h3-6,8H,7H2,1-2H3. The Balaban J connectivity index is 2.63. The van der Waals surface area contributed by atoms with Crippen LogP contribution in [0.2, 0.25) is 0 Å². The average molecular weight is 191 g/mol. The first kappa shape index (κ1) is 10.4. The quantitative estimate of drug-likeness (QED) is 0.409. The Morgan fingerprint density at radius 2 is 2.00 bits per heavy atom. The summed E-state index contributed by atoms with van der Waals surface area (Å²) in [4.78, 5) is 2.70. The summed E-state index contributed by atoms with van der Waals surface area (Å²) in [5, 5.41) is 3.47. The Morgan fingerprint density at radius 3 is 2.50 bits per heavy atom. The summed E-state index contributed by atoms with van der Waals surface area (Å²) in [5.41, 5.74) is 9.12. The van der Waals surface area contributed by atoms with Crippen molar-refractivity contribution in [3.8, 4) is 5.75 Å². The van der Waals surface area contributed by atoms with Gasteiger partial charge in [0, 0.05) is 4.91 Å². The fourth-order valence-electron chi connectivity index (χ4n) is 1.06. The highest BCUT2D eigenvalue weighted by Crippen LogP contribution is 2.14. The SMILES string of the molecule is CC(C)Oc1ccc(CN=[N+]=[N-])cc1. The Labute approximate surface area is 83.1 Å². The first-order chi connectivity index (χ1) is 6.72. The van der Waals surface area contributed by atoms with E-state index in [1.165, 1.54) is 0 Å². The predicted octanol–water partition coefficient (Wildman–Crippen LogP) is 3.28. The second-order valence-electron chi connectivity index (χ2n) is 3.20. The van der Waals surface area contributed by atoms with Crippen LogP contribution in [0.3, 0.4) is 0 Å². The van der Waals surface area contributed by atoms with Crippen molar-refractivity contribution in [3.05, 3.63) is 40.3 Å². The Morgan fingerprint density at radius 1 is 1.36 bits per heavy atom. The van der Waals surface area contributed by atoms with Gasteiger partial charge in [-0.15, -0.1) is 0 Å². The molecule has 0 bridgehead atoms. The van der Waals surface area contributed by atoms with E-state index in [0.717, 1.165) is 11.3 Å². The van der Waals surface area contributed by atoms with Gasteiger partial charge in [0.15, 0.2) is 0 Å². The summed E-state index contributed by atoms with van der Waals surface area (Å²) in [7, 11) is 0. The summed E-state index contributed by atoms with van der Waals surface area (Å²) in [5.74, 6) is 0.838. The van der Waals surface area contributed by atoms with Gasteiger partial charge in [-0.2, -0.15) is 0 Å². The van der Waals surface area contributed by atoms with E-state index >= 15 is 0 Å². The van der Waals surface area contributed by atoms with Crippen molar-refractivity contribution in [2.75, 3.05) is 0 Å². The van der Waals surface area contributed by atoms with Crippen LogP contribution in [-0.4, -0.2) is 6.10 Å². The predicted molar refractivity (Wildman–Crippen MR) is 55.1 cm³/mol. The van der Waals surface area contributed by atoms with Crippen molar-refractivity contribution in [2.45, 2.75) is 26.5 Å². The molecule has 0 aromatic heterocycles. The van der Waals surface area contributed by atoms with Crippen LogP contribution in [0.4, 0.5) is 0 Å². The molecule has 4 heteroatoms. The van der Waals surface area contributed by atoms with Gasteiger partial charge in [-0.25, -0.2) is 0 Å². The first-order valence-electron chi connectivity index (χ1n) is 4.49. The lowest BCUT2D eigenvalue weighted by Crippen LogP contribution is -2.05. The van der Waals surface area contributed by atoms with Crippen molar-refractivity contribution in [1.82, 2.24) is 0 Å². The van der Waals surface area contributed by atoms with Crippen molar-refractivity contribution in [2.24, 2.45) is 5.11 Å². The van der Waals surface area contributed by atoms with Crippen LogP contribution >= 0.6 is 0 Å². The van der Waals surface area contributed by atoms with E-state index in [1.54, 1.807) is 0 Å². The van der Waals surface area contributed by atoms with Gasteiger partial charge >= 0.3 is 0 Å². The van der Waals surface area contributed by atoms with Gasteiger partial charge in [-0.1, -0.05) is 17.2 Å². The Hall–Kier alpha value is -1.67. The van der Waals surface area contributed by atoms with Crippen molar-refractivity contribution >= 4 is 0 Å². The molecule has 0 aliphatic heterocycles. The van der Waals surface area contributed by atoms with Gasteiger partial charge in [0.1, 0.15) is 5.75 Å². The van der Waals surface area contributed by atoms with E-state index < -0.39 is 0 Å². The molecule has 0 aliphatic rings. The van der Waals surface area contributed by atoms with E-state index in [1.807, 2.05) is 38.1 Å². The van der Waals surface area contributed by atoms with Crippen molar-refractivity contribution in [3.63, 3.8) is 0 Å². The number of azide groups is 1. The number of rotatable bonds is 4. The molecule has 0 amide bonds. The second-order valence-corrected chi connectivity index (χ2v) is 3.20. The lowest BCUT2D eigenvalue weighted by atomic mass is 10.2. The lowest BCUT2D eigenvalue weighted by Gasteiger charge is -2.09. The third-order valence-electron chi connectivity index (χ3n) is 1.61. The minimum Gasteiger partial charge on any atom is -0.491 e. The van der Waals surface area contributed by atoms with Crippen LogP contribution in [0.1, 0.15) is 19.4 Å². The molecule has 1 aromatic carbocycles. The molecule has 1 aromatic rings. The van der Waals surface area contributed by atoms with E-state index in [4.69, 9.17) is 10.3 Å². The van der Waals surface area contributed by atoms with Crippen LogP contribution in [-0.2, 0) is 6.54 Å². The van der Waals surface area contributed by atoms with Gasteiger partial charge < -0.3 is 4.74 Å². The minimum absolute atomic E-state index is 0.179. The number of hydrogen-bond donors (Lipinski definition) is 0. The van der Waals surface area contributed by atoms with E-state index in [0.29, 0.717) is 6.54 Å². The van der Waals surface area contributed by atoms with Gasteiger partial charge in [-0.3, -0.25) is 0 Å². The highest BCUT2D eigenvalue weighted by Gasteiger charge is 1.96. The number of ether oxygens (including phenoxy) is 1. The van der Waals surface area contributed by atoms with E-state index in [2.05, 4.69) is 10.0 Å². The molecule has 74 valence electrons. The molecule has 14 heavy (non-hydrogen) atoms. The zero-order valence-corrected chi connectivity index (χ0v) is 8.34. The normalized spacial score (nSPS) is 9.64. The molecule has 0 atom stereocenters. The maximum atomic E-state index is 8.13.